The van der Waals surface area contributed by atoms with Crippen molar-refractivity contribution < 1.29 is 18.3 Å². The minimum absolute atomic E-state index is 0.00378. The molecule has 2 rings (SSSR count). The van der Waals surface area contributed by atoms with Gasteiger partial charge in [-0.05, 0) is 18.2 Å². The van der Waals surface area contributed by atoms with Crippen molar-refractivity contribution in [3.8, 4) is 0 Å². The number of hydrogen-bond donors (Lipinski definition) is 2. The number of carboxylic acids is 1. The number of thiophene rings is 1. The molecule has 2 aromatic heterocycles. The summed E-state index contributed by atoms with van der Waals surface area (Å²) in [6.07, 6.45) is 2.11. The maximum absolute atomic E-state index is 11.9. The molecule has 0 atom stereocenters. The van der Waals surface area contributed by atoms with Crippen molar-refractivity contribution in [1.29, 1.82) is 0 Å². The lowest BCUT2D eigenvalue weighted by molar-refractivity contribution is 0.0697. The van der Waals surface area contributed by atoms with Crippen LogP contribution in [0, 0.1) is 0 Å². The smallest absolute Gasteiger partial charge is 0.336 e. The van der Waals surface area contributed by atoms with Gasteiger partial charge >= 0.3 is 5.97 Å². The van der Waals surface area contributed by atoms with E-state index in [-0.39, 0.29) is 16.3 Å². The molecule has 0 saturated carbocycles. The van der Waals surface area contributed by atoms with E-state index in [1.807, 2.05) is 12.1 Å². The average Bonchev–Trinajstić information content (AvgIpc) is 2.90. The van der Waals surface area contributed by atoms with Crippen molar-refractivity contribution in [3.05, 3.63) is 47.1 Å². The van der Waals surface area contributed by atoms with Crippen molar-refractivity contribution in [3.63, 3.8) is 0 Å². The zero-order valence-corrected chi connectivity index (χ0v) is 11.9. The van der Waals surface area contributed by atoms with Gasteiger partial charge in [-0.25, -0.2) is 17.9 Å². The van der Waals surface area contributed by atoms with E-state index in [1.165, 1.54) is 5.38 Å². The Bertz CT molecular complexity index is 695. The van der Waals surface area contributed by atoms with Crippen molar-refractivity contribution in [1.82, 2.24) is 9.71 Å². The van der Waals surface area contributed by atoms with Crippen molar-refractivity contribution in [2.24, 2.45) is 0 Å². The molecule has 0 aliphatic carbocycles. The highest BCUT2D eigenvalue weighted by Crippen LogP contribution is 2.19. The highest BCUT2D eigenvalue weighted by molar-refractivity contribution is 7.91. The lowest BCUT2D eigenvalue weighted by atomic mass is 10.3. The third-order valence-corrected chi connectivity index (χ3v) is 5.39. The Morgan fingerprint density at radius 2 is 2.20 bits per heavy atom. The highest BCUT2D eigenvalue weighted by Gasteiger charge is 2.18. The molecule has 0 unspecified atom stereocenters. The molecule has 0 aromatic carbocycles. The highest BCUT2D eigenvalue weighted by atomic mass is 32.2. The summed E-state index contributed by atoms with van der Waals surface area (Å²) in [5.41, 5.74) is 0.757. The third kappa shape index (κ3) is 3.62. The number of nitrogens with one attached hydrogen (secondary N) is 1. The Labute approximate surface area is 120 Å². The fourth-order valence-electron chi connectivity index (χ4n) is 1.50. The molecule has 0 aliphatic rings. The number of rotatable bonds is 6. The summed E-state index contributed by atoms with van der Waals surface area (Å²) in [5, 5.41) is 10.1. The first-order valence-electron chi connectivity index (χ1n) is 5.70. The molecule has 20 heavy (non-hydrogen) atoms. The first kappa shape index (κ1) is 14.6. The summed E-state index contributed by atoms with van der Waals surface area (Å²) in [4.78, 5) is 14.8. The van der Waals surface area contributed by atoms with Crippen LogP contribution in [0.25, 0.3) is 0 Å². The summed E-state index contributed by atoms with van der Waals surface area (Å²) >= 11 is 0.884. The van der Waals surface area contributed by atoms with Crippen LogP contribution in [0.2, 0.25) is 0 Å². The molecule has 0 saturated heterocycles. The van der Waals surface area contributed by atoms with E-state index in [9.17, 15) is 13.2 Å². The van der Waals surface area contributed by atoms with E-state index < -0.39 is 16.0 Å². The lowest BCUT2D eigenvalue weighted by Gasteiger charge is -2.04. The lowest BCUT2D eigenvalue weighted by Crippen LogP contribution is -2.25. The van der Waals surface area contributed by atoms with Crippen LogP contribution in [0.3, 0.4) is 0 Å². The number of hydrogen-bond acceptors (Lipinski definition) is 5. The normalized spacial score (nSPS) is 11.4. The van der Waals surface area contributed by atoms with Crippen LogP contribution in [0.5, 0.6) is 0 Å². The molecule has 8 heteroatoms. The van der Waals surface area contributed by atoms with Gasteiger partial charge in [0.2, 0.25) is 10.0 Å². The van der Waals surface area contributed by atoms with Gasteiger partial charge in [0.25, 0.3) is 0 Å². The van der Waals surface area contributed by atoms with E-state index in [1.54, 1.807) is 12.3 Å². The molecule has 0 spiro atoms. The third-order valence-electron chi connectivity index (χ3n) is 2.49. The number of aromatic nitrogens is 1. The number of carboxylic acid groups (broad SMARTS) is 1. The van der Waals surface area contributed by atoms with Gasteiger partial charge in [-0.15, -0.1) is 11.3 Å². The number of nitrogens with zero attached hydrogens (tertiary/aromatic N) is 1. The van der Waals surface area contributed by atoms with Crippen molar-refractivity contribution in [2.45, 2.75) is 10.6 Å². The molecule has 0 fully saturated rings. The molecule has 0 amide bonds. The van der Waals surface area contributed by atoms with Crippen LogP contribution in [0.1, 0.15) is 16.1 Å². The molecule has 0 aliphatic heterocycles. The zero-order chi connectivity index (χ0) is 14.6. The fraction of sp³-hybridized carbons (Fsp3) is 0.167. The number of aromatic carboxylic acids is 1. The van der Waals surface area contributed by atoms with Gasteiger partial charge in [0.05, 0.1) is 5.56 Å². The molecule has 2 aromatic rings. The van der Waals surface area contributed by atoms with Crippen LogP contribution >= 0.6 is 11.3 Å². The predicted molar refractivity (Wildman–Crippen MR) is 74.4 cm³/mol. The Morgan fingerprint density at radius 3 is 2.80 bits per heavy atom. The maximum Gasteiger partial charge on any atom is 0.336 e. The van der Waals surface area contributed by atoms with Gasteiger partial charge in [-0.1, -0.05) is 6.07 Å². The fourth-order valence-corrected chi connectivity index (χ4v) is 3.73. The number of pyridine rings is 1. The van der Waals surface area contributed by atoms with Crippen LogP contribution < -0.4 is 4.72 Å². The quantitative estimate of drug-likeness (QED) is 0.839. The van der Waals surface area contributed by atoms with Crippen molar-refractivity contribution in [2.75, 3.05) is 6.54 Å². The zero-order valence-electron chi connectivity index (χ0n) is 10.3. The molecular weight excluding hydrogens is 300 g/mol. The summed E-state index contributed by atoms with van der Waals surface area (Å²) in [6, 6.07) is 6.57. The minimum Gasteiger partial charge on any atom is -0.478 e. The summed E-state index contributed by atoms with van der Waals surface area (Å²) in [6.45, 7) is 0.208. The standard InChI is InChI=1S/C12H12N2O4S2/c15-12(16)9-7-11(19-8-9)20(17,18)14-6-4-10-3-1-2-5-13-10/h1-3,5,7-8,14H,4,6H2,(H,15,16). The Morgan fingerprint density at radius 1 is 1.40 bits per heavy atom. The first-order chi connectivity index (χ1) is 9.49. The minimum atomic E-state index is -3.67. The SMILES string of the molecule is O=C(O)c1csc(S(=O)(=O)NCCc2ccccn2)c1. The van der Waals surface area contributed by atoms with E-state index in [2.05, 4.69) is 9.71 Å². The second-order valence-electron chi connectivity index (χ2n) is 3.93. The van der Waals surface area contributed by atoms with Crippen LogP contribution in [-0.4, -0.2) is 31.0 Å². The van der Waals surface area contributed by atoms with E-state index in [0.29, 0.717) is 6.42 Å². The Hall–Kier alpha value is -1.77. The predicted octanol–water partition coefficient (Wildman–Crippen LogP) is 1.36. The topological polar surface area (TPSA) is 96.4 Å². The van der Waals surface area contributed by atoms with Crippen LogP contribution in [0.15, 0.2) is 40.1 Å². The number of sulfonamides is 1. The van der Waals surface area contributed by atoms with Gasteiger partial charge < -0.3 is 5.11 Å². The second kappa shape index (κ2) is 6.12. The molecule has 106 valence electrons. The first-order valence-corrected chi connectivity index (χ1v) is 8.07. The van der Waals surface area contributed by atoms with E-state index >= 15 is 0 Å². The number of carbonyl (C=O) groups is 1. The van der Waals surface area contributed by atoms with Gasteiger partial charge in [0.15, 0.2) is 0 Å². The average molecular weight is 312 g/mol. The molecule has 2 heterocycles. The van der Waals surface area contributed by atoms with Gasteiger partial charge in [0.1, 0.15) is 4.21 Å². The molecule has 0 bridgehead atoms. The van der Waals surface area contributed by atoms with Gasteiger partial charge in [0, 0.05) is 30.2 Å². The van der Waals surface area contributed by atoms with E-state index in [4.69, 9.17) is 5.11 Å². The molecule has 6 nitrogen and oxygen atoms in total. The van der Waals surface area contributed by atoms with Crippen molar-refractivity contribution >= 4 is 27.3 Å². The summed E-state index contributed by atoms with van der Waals surface area (Å²) in [7, 11) is -3.67. The summed E-state index contributed by atoms with van der Waals surface area (Å²) in [5.74, 6) is -1.14. The maximum atomic E-state index is 11.9. The molecule has 0 radical (unpaired) electrons. The van der Waals surface area contributed by atoms with Gasteiger partial charge in [-0.2, -0.15) is 0 Å². The van der Waals surface area contributed by atoms with Crippen LogP contribution in [-0.2, 0) is 16.4 Å². The van der Waals surface area contributed by atoms with Gasteiger partial charge in [-0.3, -0.25) is 4.98 Å². The molecular formula is C12H12N2O4S2. The molecule has 2 N–H and O–H groups in total. The largest absolute Gasteiger partial charge is 0.478 e. The Balaban J connectivity index is 1.98. The van der Waals surface area contributed by atoms with E-state index in [0.717, 1.165) is 23.1 Å². The summed E-state index contributed by atoms with van der Waals surface area (Å²) < 4.78 is 26.3. The second-order valence-corrected chi connectivity index (χ2v) is 6.83. The Kier molecular flexibility index (Phi) is 4.48. The monoisotopic (exact) mass is 312 g/mol. The van der Waals surface area contributed by atoms with Crippen LogP contribution in [0.4, 0.5) is 0 Å².